The van der Waals surface area contributed by atoms with Crippen LogP contribution in [0.25, 0.3) is 0 Å². The molecule has 0 unspecified atom stereocenters. The highest BCUT2D eigenvalue weighted by Gasteiger charge is 2.07. The van der Waals surface area contributed by atoms with Crippen LogP contribution in [0, 0.1) is 0 Å². The second-order valence-corrected chi connectivity index (χ2v) is 3.99. The van der Waals surface area contributed by atoms with Gasteiger partial charge >= 0.3 is 6.01 Å². The van der Waals surface area contributed by atoms with Gasteiger partial charge in [-0.15, -0.1) is 0 Å². The minimum absolute atomic E-state index is 0.319. The molecule has 6 nitrogen and oxygen atoms in total. The van der Waals surface area contributed by atoms with Crippen LogP contribution in [0.3, 0.4) is 0 Å². The Balaban J connectivity index is 2.19. The Morgan fingerprint density at radius 3 is 2.79 bits per heavy atom. The molecular weight excluding hydrogens is 242 g/mol. The number of hydrogen-bond donors (Lipinski definition) is 1. The van der Waals surface area contributed by atoms with E-state index in [1.165, 1.54) is 0 Å². The molecule has 0 saturated carbocycles. The van der Waals surface area contributed by atoms with Crippen LogP contribution in [0.15, 0.2) is 24.4 Å². The number of methoxy groups -OCH3 is 1. The predicted octanol–water partition coefficient (Wildman–Crippen LogP) is 1.69. The summed E-state index contributed by atoms with van der Waals surface area (Å²) in [4.78, 5) is 17.0. The smallest absolute Gasteiger partial charge is 0.321 e. The molecule has 0 amide bonds. The Kier molecular flexibility index (Phi) is 4.60. The fourth-order valence-electron chi connectivity index (χ4n) is 1.55. The average Bonchev–Trinajstić information content (AvgIpc) is 2.46. The van der Waals surface area contributed by atoms with Gasteiger partial charge in [-0.25, -0.2) is 0 Å². The number of nitrogens with one attached hydrogen (secondary N) is 1. The maximum atomic E-state index is 5.09. The monoisotopic (exact) mass is 259 g/mol. The van der Waals surface area contributed by atoms with Crippen LogP contribution in [0.4, 0.5) is 5.95 Å². The minimum atomic E-state index is 0.319. The fraction of sp³-hybridized carbons (Fsp3) is 0.385. The Morgan fingerprint density at radius 1 is 1.21 bits per heavy atom. The molecular formula is C13H17N5O. The summed E-state index contributed by atoms with van der Waals surface area (Å²) in [7, 11) is 1.55. The van der Waals surface area contributed by atoms with Crippen LogP contribution in [-0.2, 0) is 6.42 Å². The minimum Gasteiger partial charge on any atom is -0.467 e. The second kappa shape index (κ2) is 6.63. The lowest BCUT2D eigenvalue weighted by molar-refractivity contribution is 0.376. The van der Waals surface area contributed by atoms with Gasteiger partial charge in [0.15, 0.2) is 0 Å². The molecule has 0 bridgehead atoms. The molecule has 2 heterocycles. The molecule has 2 aromatic heterocycles. The van der Waals surface area contributed by atoms with Crippen molar-refractivity contribution >= 4 is 5.95 Å². The standard InChI is InChI=1S/C13H17N5O/c1-3-7-15-12-16-11(17-13(18-12)19-2)9-10-6-4-5-8-14-10/h4-6,8H,3,7,9H2,1-2H3,(H,15,16,17,18). The van der Waals surface area contributed by atoms with Gasteiger partial charge < -0.3 is 10.1 Å². The van der Waals surface area contributed by atoms with Crippen molar-refractivity contribution in [2.45, 2.75) is 19.8 Å². The molecule has 0 aliphatic heterocycles. The van der Waals surface area contributed by atoms with Crippen LogP contribution >= 0.6 is 0 Å². The molecule has 2 rings (SSSR count). The molecule has 100 valence electrons. The lowest BCUT2D eigenvalue weighted by Crippen LogP contribution is -2.09. The van der Waals surface area contributed by atoms with Gasteiger partial charge in [-0.3, -0.25) is 4.98 Å². The zero-order chi connectivity index (χ0) is 13.5. The van der Waals surface area contributed by atoms with Crippen molar-refractivity contribution < 1.29 is 4.74 Å². The quantitative estimate of drug-likeness (QED) is 0.851. The van der Waals surface area contributed by atoms with Crippen molar-refractivity contribution in [2.24, 2.45) is 0 Å². The summed E-state index contributed by atoms with van der Waals surface area (Å²) in [6.45, 7) is 2.90. The molecule has 1 N–H and O–H groups in total. The Hall–Kier alpha value is -2.24. The number of ether oxygens (including phenoxy) is 1. The maximum absolute atomic E-state index is 5.09. The lowest BCUT2D eigenvalue weighted by Gasteiger charge is -2.07. The third-order valence-electron chi connectivity index (χ3n) is 2.44. The van der Waals surface area contributed by atoms with Gasteiger partial charge in [0, 0.05) is 18.4 Å². The molecule has 2 aromatic rings. The van der Waals surface area contributed by atoms with Crippen molar-refractivity contribution in [1.82, 2.24) is 19.9 Å². The molecule has 0 aromatic carbocycles. The van der Waals surface area contributed by atoms with E-state index >= 15 is 0 Å². The molecule has 0 fully saturated rings. The van der Waals surface area contributed by atoms with Gasteiger partial charge in [-0.1, -0.05) is 13.0 Å². The van der Waals surface area contributed by atoms with Gasteiger partial charge in [-0.2, -0.15) is 15.0 Å². The van der Waals surface area contributed by atoms with Gasteiger partial charge in [0.25, 0.3) is 0 Å². The molecule has 0 aliphatic carbocycles. The molecule has 6 heteroatoms. The van der Waals surface area contributed by atoms with E-state index in [0.717, 1.165) is 18.7 Å². The Bertz CT molecular complexity index is 518. The zero-order valence-electron chi connectivity index (χ0n) is 11.1. The zero-order valence-corrected chi connectivity index (χ0v) is 11.1. The predicted molar refractivity (Wildman–Crippen MR) is 72.2 cm³/mol. The third-order valence-corrected chi connectivity index (χ3v) is 2.44. The van der Waals surface area contributed by atoms with Crippen molar-refractivity contribution in [2.75, 3.05) is 19.0 Å². The molecule has 0 saturated heterocycles. The second-order valence-electron chi connectivity index (χ2n) is 3.99. The van der Waals surface area contributed by atoms with Crippen LogP contribution in [-0.4, -0.2) is 33.6 Å². The number of anilines is 1. The molecule has 0 aliphatic rings. The van der Waals surface area contributed by atoms with Crippen molar-refractivity contribution in [3.63, 3.8) is 0 Å². The first-order chi connectivity index (χ1) is 9.31. The topological polar surface area (TPSA) is 72.8 Å². The highest BCUT2D eigenvalue weighted by atomic mass is 16.5. The van der Waals surface area contributed by atoms with Crippen LogP contribution in [0.2, 0.25) is 0 Å². The summed E-state index contributed by atoms with van der Waals surface area (Å²) >= 11 is 0. The largest absolute Gasteiger partial charge is 0.467 e. The molecule has 0 atom stereocenters. The third kappa shape index (κ3) is 3.87. The van der Waals surface area contributed by atoms with E-state index in [2.05, 4.69) is 32.2 Å². The highest BCUT2D eigenvalue weighted by molar-refractivity contribution is 5.26. The average molecular weight is 259 g/mol. The summed E-state index contributed by atoms with van der Waals surface area (Å²) in [6, 6.07) is 6.08. The summed E-state index contributed by atoms with van der Waals surface area (Å²) < 4.78 is 5.09. The first-order valence-corrected chi connectivity index (χ1v) is 6.24. The molecule has 0 radical (unpaired) electrons. The lowest BCUT2D eigenvalue weighted by atomic mass is 10.2. The van der Waals surface area contributed by atoms with Crippen molar-refractivity contribution in [1.29, 1.82) is 0 Å². The van der Waals surface area contributed by atoms with Gasteiger partial charge in [0.05, 0.1) is 13.5 Å². The van der Waals surface area contributed by atoms with Crippen molar-refractivity contribution in [3.05, 3.63) is 35.9 Å². The molecule has 19 heavy (non-hydrogen) atoms. The summed E-state index contributed by atoms with van der Waals surface area (Å²) in [5.74, 6) is 1.18. The van der Waals surface area contributed by atoms with Gasteiger partial charge in [-0.05, 0) is 18.6 Å². The number of pyridine rings is 1. The highest BCUT2D eigenvalue weighted by Crippen LogP contribution is 2.10. The van der Waals surface area contributed by atoms with Crippen LogP contribution < -0.4 is 10.1 Å². The first kappa shape index (κ1) is 13.2. The summed E-state index contributed by atoms with van der Waals surface area (Å²) in [5, 5.41) is 3.13. The van der Waals surface area contributed by atoms with Gasteiger partial charge in [0.1, 0.15) is 5.82 Å². The number of nitrogens with zero attached hydrogens (tertiary/aromatic N) is 4. The van der Waals surface area contributed by atoms with E-state index in [-0.39, 0.29) is 0 Å². The number of hydrogen-bond acceptors (Lipinski definition) is 6. The number of rotatable bonds is 6. The van der Waals surface area contributed by atoms with E-state index in [1.54, 1.807) is 13.3 Å². The van der Waals surface area contributed by atoms with E-state index in [9.17, 15) is 0 Å². The van der Waals surface area contributed by atoms with E-state index in [4.69, 9.17) is 4.74 Å². The summed E-state index contributed by atoms with van der Waals surface area (Å²) in [6.07, 6.45) is 3.31. The van der Waals surface area contributed by atoms with E-state index in [0.29, 0.717) is 24.2 Å². The number of aromatic nitrogens is 4. The SMILES string of the molecule is CCCNc1nc(Cc2ccccn2)nc(OC)n1. The van der Waals surface area contributed by atoms with Crippen LogP contribution in [0.1, 0.15) is 24.9 Å². The van der Waals surface area contributed by atoms with Crippen LogP contribution in [0.5, 0.6) is 6.01 Å². The Morgan fingerprint density at radius 2 is 2.11 bits per heavy atom. The summed E-state index contributed by atoms with van der Waals surface area (Å²) in [5.41, 5.74) is 0.914. The fourth-order valence-corrected chi connectivity index (χ4v) is 1.55. The first-order valence-electron chi connectivity index (χ1n) is 6.24. The Labute approximate surface area is 112 Å². The maximum Gasteiger partial charge on any atom is 0.321 e. The van der Waals surface area contributed by atoms with Gasteiger partial charge in [0.2, 0.25) is 5.95 Å². The normalized spacial score (nSPS) is 10.2. The van der Waals surface area contributed by atoms with E-state index < -0.39 is 0 Å². The van der Waals surface area contributed by atoms with E-state index in [1.807, 2.05) is 18.2 Å². The molecule has 0 spiro atoms. The van der Waals surface area contributed by atoms with Crippen molar-refractivity contribution in [3.8, 4) is 6.01 Å².